The number of nitrogens with zero attached hydrogens (tertiary/aromatic N) is 3. The van der Waals surface area contributed by atoms with E-state index in [0.717, 1.165) is 44.5 Å². The zero-order chi connectivity index (χ0) is 20.7. The van der Waals surface area contributed by atoms with Gasteiger partial charge in [0, 0.05) is 38.9 Å². The van der Waals surface area contributed by atoms with Crippen LogP contribution in [0.25, 0.3) is 10.9 Å². The molecule has 2 atom stereocenters. The monoisotopic (exact) mass is 403 g/mol. The second kappa shape index (κ2) is 7.72. The first-order valence-electron chi connectivity index (χ1n) is 10.1. The van der Waals surface area contributed by atoms with Crippen molar-refractivity contribution >= 4 is 16.6 Å². The van der Waals surface area contributed by atoms with Gasteiger partial charge in [-0.3, -0.25) is 9.36 Å². The van der Waals surface area contributed by atoms with Gasteiger partial charge in [0.25, 0.3) is 5.56 Å². The van der Waals surface area contributed by atoms with E-state index in [0.29, 0.717) is 33.9 Å². The number of rotatable bonds is 7. The Kier molecular flexibility index (Phi) is 5.26. The number of nitrogen functional groups attached to an aromatic ring is 1. The van der Waals surface area contributed by atoms with Crippen LogP contribution in [0.1, 0.15) is 31.7 Å². The van der Waals surface area contributed by atoms with E-state index < -0.39 is 11.2 Å². The van der Waals surface area contributed by atoms with Crippen molar-refractivity contribution in [2.75, 3.05) is 44.7 Å². The van der Waals surface area contributed by atoms with Crippen molar-refractivity contribution in [3.05, 3.63) is 33.0 Å². The van der Waals surface area contributed by atoms with E-state index in [1.807, 2.05) is 6.07 Å². The molecule has 0 bridgehead atoms. The van der Waals surface area contributed by atoms with Gasteiger partial charge >= 0.3 is 5.69 Å². The van der Waals surface area contributed by atoms with E-state index in [1.165, 1.54) is 0 Å². The number of benzene rings is 1. The Bertz CT molecular complexity index is 1030. The zero-order valence-corrected chi connectivity index (χ0v) is 17.0. The van der Waals surface area contributed by atoms with Gasteiger partial charge in [-0.1, -0.05) is 0 Å². The van der Waals surface area contributed by atoms with E-state index >= 15 is 0 Å². The van der Waals surface area contributed by atoms with Crippen molar-refractivity contribution < 1.29 is 9.47 Å². The SMILES string of the molecule is COCC[C@@H](N)C1CCN(c2ccc3c(=O)n(N)c(=O)n(C4CC4)c3c2OC)C1. The summed E-state index contributed by atoms with van der Waals surface area (Å²) in [5.74, 6) is 6.66. The van der Waals surface area contributed by atoms with Crippen LogP contribution in [0.3, 0.4) is 0 Å². The van der Waals surface area contributed by atoms with Crippen LogP contribution in [0.2, 0.25) is 0 Å². The van der Waals surface area contributed by atoms with Crippen molar-refractivity contribution in [2.45, 2.75) is 37.8 Å². The Morgan fingerprint density at radius 1 is 1.21 bits per heavy atom. The number of ether oxygens (including phenoxy) is 2. The average molecular weight is 403 g/mol. The van der Waals surface area contributed by atoms with Crippen LogP contribution in [0.5, 0.6) is 5.75 Å². The normalized spacial score (nSPS) is 20.4. The largest absolute Gasteiger partial charge is 0.492 e. The van der Waals surface area contributed by atoms with E-state index in [-0.39, 0.29) is 12.1 Å². The first-order chi connectivity index (χ1) is 14.0. The highest BCUT2D eigenvalue weighted by Gasteiger charge is 2.33. The van der Waals surface area contributed by atoms with Crippen LogP contribution in [-0.2, 0) is 4.74 Å². The fourth-order valence-corrected chi connectivity index (χ4v) is 4.37. The molecule has 1 aromatic heterocycles. The maximum Gasteiger partial charge on any atom is 0.350 e. The van der Waals surface area contributed by atoms with Gasteiger partial charge in [-0.15, -0.1) is 0 Å². The molecular formula is C20H29N5O4. The summed E-state index contributed by atoms with van der Waals surface area (Å²) in [5, 5.41) is 0.396. The highest BCUT2D eigenvalue weighted by molar-refractivity contribution is 5.90. The average Bonchev–Trinajstić information content (AvgIpc) is 3.44. The lowest BCUT2D eigenvalue weighted by atomic mass is 9.97. The van der Waals surface area contributed by atoms with Gasteiger partial charge in [-0.25, -0.2) is 4.79 Å². The van der Waals surface area contributed by atoms with Crippen LogP contribution in [-0.4, -0.2) is 49.2 Å². The van der Waals surface area contributed by atoms with E-state index in [1.54, 1.807) is 24.9 Å². The Morgan fingerprint density at radius 3 is 2.62 bits per heavy atom. The lowest BCUT2D eigenvalue weighted by Gasteiger charge is -2.25. The molecule has 4 rings (SSSR count). The summed E-state index contributed by atoms with van der Waals surface area (Å²) in [6, 6.07) is 3.75. The molecule has 4 N–H and O–H groups in total. The maximum atomic E-state index is 12.7. The summed E-state index contributed by atoms with van der Waals surface area (Å²) in [6.07, 6.45) is 3.58. The van der Waals surface area contributed by atoms with Gasteiger partial charge in [-0.05, 0) is 43.7 Å². The molecule has 1 aliphatic carbocycles. The minimum atomic E-state index is -0.507. The van der Waals surface area contributed by atoms with Crippen molar-refractivity contribution in [3.8, 4) is 5.75 Å². The van der Waals surface area contributed by atoms with Crippen molar-refractivity contribution in [1.82, 2.24) is 9.24 Å². The number of hydrogen-bond donors (Lipinski definition) is 2. The summed E-state index contributed by atoms with van der Waals surface area (Å²) in [5.41, 5.74) is 6.77. The predicted octanol–water partition coefficient (Wildman–Crippen LogP) is 0.411. The molecule has 2 aliphatic rings. The molecule has 9 nitrogen and oxygen atoms in total. The van der Waals surface area contributed by atoms with Gasteiger partial charge in [0.1, 0.15) is 5.52 Å². The molecule has 2 heterocycles. The van der Waals surface area contributed by atoms with Crippen LogP contribution in [0, 0.1) is 5.92 Å². The number of fused-ring (bicyclic) bond motifs is 1. The fourth-order valence-electron chi connectivity index (χ4n) is 4.37. The number of nitrogens with two attached hydrogens (primary N) is 2. The molecule has 1 aliphatic heterocycles. The van der Waals surface area contributed by atoms with Crippen molar-refractivity contribution in [1.29, 1.82) is 0 Å². The number of aromatic nitrogens is 2. The van der Waals surface area contributed by atoms with Crippen LogP contribution in [0.15, 0.2) is 21.7 Å². The van der Waals surface area contributed by atoms with Gasteiger partial charge in [0.15, 0.2) is 5.75 Å². The number of hydrogen-bond acceptors (Lipinski definition) is 7. The molecule has 1 unspecified atom stereocenters. The van der Waals surface area contributed by atoms with Crippen LogP contribution < -0.4 is 32.5 Å². The van der Waals surface area contributed by atoms with E-state index in [4.69, 9.17) is 21.1 Å². The lowest BCUT2D eigenvalue weighted by molar-refractivity contribution is 0.180. The highest BCUT2D eigenvalue weighted by atomic mass is 16.5. The molecule has 1 saturated carbocycles. The lowest BCUT2D eigenvalue weighted by Crippen LogP contribution is -2.44. The second-order valence-electron chi connectivity index (χ2n) is 8.01. The smallest absolute Gasteiger partial charge is 0.350 e. The van der Waals surface area contributed by atoms with Gasteiger partial charge in [-0.2, -0.15) is 4.68 Å². The molecule has 2 fully saturated rings. The number of anilines is 1. The molecule has 158 valence electrons. The Morgan fingerprint density at radius 2 is 1.97 bits per heavy atom. The minimum absolute atomic E-state index is 0.0540. The zero-order valence-electron chi connectivity index (χ0n) is 17.0. The standard InChI is InChI=1S/C20H29N5O4/c1-28-10-8-15(21)12-7-9-23(11-12)16-6-5-14-17(18(16)29-2)24(13-3-4-13)20(27)25(22)19(14)26/h5-6,12-13,15H,3-4,7-11,21-22H2,1-2H3/t12?,15-/m1/s1. The summed E-state index contributed by atoms with van der Waals surface area (Å²) in [6.45, 7) is 2.29. The first kappa shape index (κ1) is 19.8. The Labute approximate surface area is 168 Å². The molecule has 0 amide bonds. The van der Waals surface area contributed by atoms with Crippen LogP contribution in [0.4, 0.5) is 5.69 Å². The Hall–Kier alpha value is -2.52. The van der Waals surface area contributed by atoms with Gasteiger partial charge < -0.3 is 25.9 Å². The molecule has 1 saturated heterocycles. The third-order valence-electron chi connectivity index (χ3n) is 6.16. The molecule has 1 aromatic carbocycles. The van der Waals surface area contributed by atoms with Gasteiger partial charge in [0.2, 0.25) is 0 Å². The van der Waals surface area contributed by atoms with E-state index in [9.17, 15) is 9.59 Å². The molecule has 2 aromatic rings. The molecular weight excluding hydrogens is 374 g/mol. The summed E-state index contributed by atoms with van der Waals surface area (Å²) in [4.78, 5) is 27.6. The molecule has 0 radical (unpaired) electrons. The van der Waals surface area contributed by atoms with Crippen LogP contribution >= 0.6 is 0 Å². The second-order valence-corrected chi connectivity index (χ2v) is 8.01. The molecule has 0 spiro atoms. The Balaban J connectivity index is 1.77. The third-order valence-corrected chi connectivity index (χ3v) is 6.16. The maximum absolute atomic E-state index is 12.7. The van der Waals surface area contributed by atoms with Gasteiger partial charge in [0.05, 0.1) is 18.2 Å². The van der Waals surface area contributed by atoms with Crippen molar-refractivity contribution in [2.24, 2.45) is 11.7 Å². The minimum Gasteiger partial charge on any atom is -0.492 e. The topological polar surface area (TPSA) is 118 Å². The summed E-state index contributed by atoms with van der Waals surface area (Å²) >= 11 is 0. The predicted molar refractivity (Wildman–Crippen MR) is 112 cm³/mol. The summed E-state index contributed by atoms with van der Waals surface area (Å²) in [7, 11) is 3.26. The third kappa shape index (κ3) is 3.38. The highest BCUT2D eigenvalue weighted by Crippen LogP contribution is 2.42. The number of methoxy groups -OCH3 is 2. The molecule has 9 heteroatoms. The fraction of sp³-hybridized carbons (Fsp3) is 0.600. The quantitative estimate of drug-likeness (QED) is 0.643. The first-order valence-corrected chi connectivity index (χ1v) is 10.1. The molecule has 29 heavy (non-hydrogen) atoms. The van der Waals surface area contributed by atoms with Crippen molar-refractivity contribution in [3.63, 3.8) is 0 Å². The summed E-state index contributed by atoms with van der Waals surface area (Å²) < 4.78 is 13.2. The van der Waals surface area contributed by atoms with E-state index in [2.05, 4.69) is 4.90 Å².